The fraction of sp³-hybridized carbons (Fsp3) is 0.429. The number of nitrogens with one attached hydrogen (secondary N) is 2. The molecule has 0 radical (unpaired) electrons. The van der Waals surface area contributed by atoms with E-state index in [9.17, 15) is 5.11 Å². The number of likely N-dealkylation sites (tertiary alicyclic amines) is 1. The Labute approximate surface area is 143 Å². The first-order valence-electron chi connectivity index (χ1n) is 7.17. The number of quaternary nitrogens is 1. The summed E-state index contributed by atoms with van der Waals surface area (Å²) in [6.07, 6.45) is 1.67. The number of rotatable bonds is 3. The maximum Gasteiger partial charge on any atom is 0.221 e. The summed E-state index contributed by atoms with van der Waals surface area (Å²) >= 11 is 17.4. The second-order valence-corrected chi connectivity index (χ2v) is 6.77. The number of aromatic amines is 1. The van der Waals surface area contributed by atoms with Gasteiger partial charge < -0.3 is 10.0 Å². The van der Waals surface area contributed by atoms with Crippen LogP contribution in [0, 0.1) is 4.77 Å². The topological polar surface area (TPSA) is 58.3 Å². The zero-order chi connectivity index (χ0) is 15.7. The summed E-state index contributed by atoms with van der Waals surface area (Å²) in [5, 5.41) is 14.1. The largest absolute Gasteiger partial charge is 0.387 e. The SMILES string of the molecule is O[C@H]1CCC[NH+](Cn2[nH]c(-c3ccc(Cl)cc3Cl)nc2=S)C1. The van der Waals surface area contributed by atoms with E-state index in [0.717, 1.165) is 31.5 Å². The smallest absolute Gasteiger partial charge is 0.221 e. The molecule has 1 saturated heterocycles. The number of benzene rings is 1. The first-order chi connectivity index (χ1) is 10.5. The summed E-state index contributed by atoms with van der Waals surface area (Å²) in [5.74, 6) is 0.628. The predicted octanol–water partition coefficient (Wildman–Crippen LogP) is 1.91. The Kier molecular flexibility index (Phi) is 4.84. The van der Waals surface area contributed by atoms with Crippen molar-refractivity contribution in [1.29, 1.82) is 0 Å². The van der Waals surface area contributed by atoms with Gasteiger partial charge in [0.2, 0.25) is 4.77 Å². The zero-order valence-electron chi connectivity index (χ0n) is 11.9. The molecule has 1 aliphatic rings. The van der Waals surface area contributed by atoms with E-state index in [1.807, 2.05) is 10.7 Å². The average Bonchev–Trinajstić information content (AvgIpc) is 2.80. The predicted molar refractivity (Wildman–Crippen MR) is 88.8 cm³/mol. The highest BCUT2D eigenvalue weighted by Crippen LogP contribution is 2.27. The van der Waals surface area contributed by atoms with Gasteiger partial charge in [0.1, 0.15) is 12.6 Å². The van der Waals surface area contributed by atoms with Crippen molar-refractivity contribution in [3.05, 3.63) is 33.0 Å². The highest BCUT2D eigenvalue weighted by atomic mass is 35.5. The Morgan fingerprint density at radius 1 is 1.45 bits per heavy atom. The van der Waals surface area contributed by atoms with Crippen molar-refractivity contribution in [3.63, 3.8) is 0 Å². The van der Waals surface area contributed by atoms with Gasteiger partial charge in [-0.1, -0.05) is 23.2 Å². The number of aliphatic hydroxyl groups is 1. The van der Waals surface area contributed by atoms with Crippen molar-refractivity contribution in [2.24, 2.45) is 0 Å². The highest BCUT2D eigenvalue weighted by Gasteiger charge is 2.22. The molecule has 1 unspecified atom stereocenters. The Bertz CT molecular complexity index is 730. The molecule has 2 heterocycles. The highest BCUT2D eigenvalue weighted by molar-refractivity contribution is 7.71. The fourth-order valence-corrected chi connectivity index (χ4v) is 3.46. The molecule has 22 heavy (non-hydrogen) atoms. The Balaban J connectivity index is 1.83. The quantitative estimate of drug-likeness (QED) is 0.733. The number of nitrogens with zero attached hydrogens (tertiary/aromatic N) is 2. The summed E-state index contributed by atoms with van der Waals surface area (Å²) in [6, 6.07) is 5.27. The molecule has 3 rings (SSSR count). The number of piperidine rings is 1. The van der Waals surface area contributed by atoms with Gasteiger partial charge in [-0.2, -0.15) is 4.98 Å². The molecule has 1 fully saturated rings. The van der Waals surface area contributed by atoms with Gasteiger partial charge in [-0.25, -0.2) is 4.68 Å². The van der Waals surface area contributed by atoms with Crippen LogP contribution in [0.1, 0.15) is 12.8 Å². The summed E-state index contributed by atoms with van der Waals surface area (Å²) in [6.45, 7) is 2.42. The van der Waals surface area contributed by atoms with Gasteiger partial charge in [-0.15, -0.1) is 0 Å². The maximum atomic E-state index is 9.76. The molecule has 1 aromatic heterocycles. The van der Waals surface area contributed by atoms with E-state index in [1.54, 1.807) is 12.1 Å². The minimum atomic E-state index is -0.231. The van der Waals surface area contributed by atoms with Crippen molar-refractivity contribution in [3.8, 4) is 11.4 Å². The molecule has 1 aromatic carbocycles. The lowest BCUT2D eigenvalue weighted by Crippen LogP contribution is -3.13. The van der Waals surface area contributed by atoms with Gasteiger partial charge in [-0.3, -0.25) is 5.10 Å². The molecule has 0 aliphatic carbocycles. The maximum absolute atomic E-state index is 9.76. The van der Waals surface area contributed by atoms with E-state index in [-0.39, 0.29) is 6.10 Å². The average molecular weight is 360 g/mol. The lowest BCUT2D eigenvalue weighted by molar-refractivity contribution is -0.931. The fourth-order valence-electron chi connectivity index (χ4n) is 2.76. The van der Waals surface area contributed by atoms with Crippen molar-refractivity contribution in [2.75, 3.05) is 13.1 Å². The van der Waals surface area contributed by atoms with Crippen LogP contribution in [0.2, 0.25) is 10.0 Å². The van der Waals surface area contributed by atoms with Gasteiger partial charge in [0, 0.05) is 10.6 Å². The Morgan fingerprint density at radius 2 is 2.27 bits per heavy atom. The molecule has 118 valence electrons. The summed E-state index contributed by atoms with van der Waals surface area (Å²) in [4.78, 5) is 5.66. The lowest BCUT2D eigenvalue weighted by Gasteiger charge is -2.26. The number of halogens is 2. The van der Waals surface area contributed by atoms with Crippen LogP contribution < -0.4 is 4.90 Å². The minimum absolute atomic E-state index is 0.231. The van der Waals surface area contributed by atoms with Crippen molar-refractivity contribution in [1.82, 2.24) is 14.8 Å². The van der Waals surface area contributed by atoms with Gasteiger partial charge in [-0.05, 0) is 43.3 Å². The minimum Gasteiger partial charge on any atom is -0.387 e. The first kappa shape index (κ1) is 16.0. The standard InChI is InChI=1S/C14H16Cl2N4OS/c15-9-3-4-11(12(16)6-9)13-17-14(22)20(18-13)8-19-5-1-2-10(21)7-19/h3-4,6,10,21H,1-2,5,7-8H2,(H,17,18,22)/p+1/t10-/m0/s1. The van der Waals surface area contributed by atoms with E-state index in [0.29, 0.717) is 27.3 Å². The third kappa shape index (κ3) is 3.52. The Morgan fingerprint density at radius 3 is 3.00 bits per heavy atom. The van der Waals surface area contributed by atoms with E-state index >= 15 is 0 Å². The number of aromatic nitrogens is 3. The van der Waals surface area contributed by atoms with E-state index in [4.69, 9.17) is 35.4 Å². The van der Waals surface area contributed by atoms with Crippen LogP contribution in [-0.2, 0) is 6.67 Å². The first-order valence-corrected chi connectivity index (χ1v) is 8.33. The summed E-state index contributed by atoms with van der Waals surface area (Å²) in [7, 11) is 0. The van der Waals surface area contributed by atoms with Crippen molar-refractivity contribution >= 4 is 35.4 Å². The second-order valence-electron chi connectivity index (χ2n) is 5.57. The number of H-pyrrole nitrogens is 1. The van der Waals surface area contributed by atoms with E-state index < -0.39 is 0 Å². The number of aliphatic hydroxyl groups excluding tert-OH is 1. The molecule has 2 atom stereocenters. The summed E-state index contributed by atoms with van der Waals surface area (Å²) in [5.41, 5.74) is 0.768. The van der Waals surface area contributed by atoms with Gasteiger partial charge >= 0.3 is 0 Å². The van der Waals surface area contributed by atoms with Gasteiger partial charge in [0.05, 0.1) is 11.6 Å². The molecule has 0 saturated carbocycles. The molecule has 8 heteroatoms. The normalized spacial score (nSPS) is 22.0. The Hall–Kier alpha value is -0.920. The molecule has 0 bridgehead atoms. The molecular weight excluding hydrogens is 343 g/mol. The molecular formula is C14H17Cl2N4OS+. The van der Waals surface area contributed by atoms with Crippen LogP contribution in [0.25, 0.3) is 11.4 Å². The molecule has 0 spiro atoms. The van der Waals surface area contributed by atoms with Crippen LogP contribution in [0.4, 0.5) is 0 Å². The molecule has 5 nitrogen and oxygen atoms in total. The third-order valence-corrected chi connectivity index (χ3v) is 4.70. The lowest BCUT2D eigenvalue weighted by atomic mass is 10.1. The van der Waals surface area contributed by atoms with Crippen molar-refractivity contribution < 1.29 is 10.0 Å². The molecule has 3 N–H and O–H groups in total. The number of hydrogen-bond donors (Lipinski definition) is 3. The second kappa shape index (κ2) is 6.68. The van der Waals surface area contributed by atoms with E-state index in [2.05, 4.69) is 10.1 Å². The molecule has 1 aliphatic heterocycles. The molecule has 2 aromatic rings. The van der Waals surface area contributed by atoms with Crippen LogP contribution in [-0.4, -0.2) is 39.1 Å². The van der Waals surface area contributed by atoms with E-state index in [1.165, 1.54) is 4.90 Å². The third-order valence-electron chi connectivity index (χ3n) is 3.84. The van der Waals surface area contributed by atoms with Crippen LogP contribution in [0.15, 0.2) is 18.2 Å². The summed E-state index contributed by atoms with van der Waals surface area (Å²) < 4.78 is 2.30. The van der Waals surface area contributed by atoms with Crippen LogP contribution >= 0.6 is 35.4 Å². The monoisotopic (exact) mass is 359 g/mol. The van der Waals surface area contributed by atoms with Gasteiger partial charge in [0.25, 0.3) is 0 Å². The van der Waals surface area contributed by atoms with Crippen LogP contribution in [0.3, 0.4) is 0 Å². The zero-order valence-corrected chi connectivity index (χ0v) is 14.2. The van der Waals surface area contributed by atoms with Crippen molar-refractivity contribution in [2.45, 2.75) is 25.6 Å². The van der Waals surface area contributed by atoms with Crippen LogP contribution in [0.5, 0.6) is 0 Å². The number of hydrogen-bond acceptors (Lipinski definition) is 3. The van der Waals surface area contributed by atoms with Gasteiger partial charge in [0.15, 0.2) is 12.5 Å². The molecule has 0 amide bonds.